The largest absolute Gasteiger partial charge is 0.464 e. The normalized spacial score (nSPS) is 24.7. The first-order chi connectivity index (χ1) is 10.2. The predicted octanol–water partition coefficient (Wildman–Crippen LogP) is 2.55. The van der Waals surface area contributed by atoms with E-state index < -0.39 is 0 Å². The van der Waals surface area contributed by atoms with Crippen LogP contribution in [0.3, 0.4) is 0 Å². The quantitative estimate of drug-likeness (QED) is 0.866. The molecule has 0 unspecified atom stereocenters. The second-order valence-corrected chi connectivity index (χ2v) is 6.08. The van der Waals surface area contributed by atoms with Gasteiger partial charge in [-0.3, -0.25) is 0 Å². The number of carbonyl (C=O) groups excluding carboxylic acids is 1. The number of hydrogen-bond acceptors (Lipinski definition) is 5. The van der Waals surface area contributed by atoms with Gasteiger partial charge in [-0.15, -0.1) is 0 Å². The van der Waals surface area contributed by atoms with Crippen LogP contribution in [0.25, 0.3) is 0 Å². The molecule has 1 N–H and O–H groups in total. The molecule has 0 amide bonds. The fraction of sp³-hybridized carbons (Fsp3) is 0.688. The van der Waals surface area contributed by atoms with Gasteiger partial charge in [-0.25, -0.2) is 14.8 Å². The van der Waals surface area contributed by atoms with Gasteiger partial charge < -0.3 is 10.1 Å². The average molecular weight is 289 g/mol. The van der Waals surface area contributed by atoms with E-state index in [4.69, 9.17) is 9.72 Å². The van der Waals surface area contributed by atoms with Gasteiger partial charge in [0.1, 0.15) is 5.82 Å². The van der Waals surface area contributed by atoms with E-state index >= 15 is 0 Å². The lowest BCUT2D eigenvalue weighted by Crippen LogP contribution is -2.18. The topological polar surface area (TPSA) is 64.1 Å². The maximum absolute atomic E-state index is 12.0. The number of fused-ring (bicyclic) bond motifs is 1. The van der Waals surface area contributed by atoms with Crippen LogP contribution in [0.15, 0.2) is 0 Å². The zero-order valence-electron chi connectivity index (χ0n) is 12.8. The first-order valence-corrected chi connectivity index (χ1v) is 7.91. The second kappa shape index (κ2) is 6.10. The second-order valence-electron chi connectivity index (χ2n) is 6.08. The molecular formula is C16H23N3O2. The number of esters is 1. The minimum absolute atomic E-state index is 0.346. The zero-order chi connectivity index (χ0) is 14.8. The number of hydrogen-bond donors (Lipinski definition) is 1. The third-order valence-corrected chi connectivity index (χ3v) is 4.87. The van der Waals surface area contributed by atoms with Crippen LogP contribution in [0.5, 0.6) is 0 Å². The number of rotatable bonds is 3. The number of nitrogens with one attached hydrogen (secondary N) is 1. The molecule has 5 nitrogen and oxygen atoms in total. The van der Waals surface area contributed by atoms with Crippen molar-refractivity contribution in [2.24, 2.45) is 5.92 Å². The summed E-state index contributed by atoms with van der Waals surface area (Å²) in [6.07, 6.45) is 6.01. The van der Waals surface area contributed by atoms with Crippen molar-refractivity contribution in [1.82, 2.24) is 15.3 Å². The van der Waals surface area contributed by atoms with Gasteiger partial charge in [-0.05, 0) is 31.6 Å². The highest BCUT2D eigenvalue weighted by molar-refractivity contribution is 5.89. The van der Waals surface area contributed by atoms with Gasteiger partial charge in [0.25, 0.3) is 0 Å². The average Bonchev–Trinajstić information content (AvgIpc) is 3.01. The molecule has 2 aliphatic rings. The van der Waals surface area contributed by atoms with Crippen molar-refractivity contribution in [2.75, 3.05) is 7.11 Å². The zero-order valence-corrected chi connectivity index (χ0v) is 12.8. The third-order valence-electron chi connectivity index (χ3n) is 4.87. The molecule has 1 saturated carbocycles. The van der Waals surface area contributed by atoms with Crippen molar-refractivity contribution in [3.63, 3.8) is 0 Å². The monoisotopic (exact) mass is 289 g/mol. The number of carbonyl (C=O) groups is 1. The lowest BCUT2D eigenvalue weighted by atomic mass is 9.80. The van der Waals surface area contributed by atoms with E-state index in [1.807, 2.05) is 0 Å². The van der Waals surface area contributed by atoms with Crippen molar-refractivity contribution < 1.29 is 9.53 Å². The summed E-state index contributed by atoms with van der Waals surface area (Å²) in [5, 5.41) is 3.24. The lowest BCUT2D eigenvalue weighted by molar-refractivity contribution is 0.0591. The molecule has 1 aliphatic carbocycles. The summed E-state index contributed by atoms with van der Waals surface area (Å²) < 4.78 is 4.88. The summed E-state index contributed by atoms with van der Waals surface area (Å²) in [7, 11) is 1.41. The van der Waals surface area contributed by atoms with E-state index in [9.17, 15) is 4.79 Å². The Kier molecular flexibility index (Phi) is 4.19. The van der Waals surface area contributed by atoms with Crippen molar-refractivity contribution in [1.29, 1.82) is 0 Å². The first kappa shape index (κ1) is 14.4. The Hall–Kier alpha value is -1.49. The Morgan fingerprint density at radius 2 is 2.00 bits per heavy atom. The fourth-order valence-corrected chi connectivity index (χ4v) is 3.46. The smallest absolute Gasteiger partial charge is 0.357 e. The Morgan fingerprint density at radius 1 is 1.24 bits per heavy atom. The van der Waals surface area contributed by atoms with E-state index in [2.05, 4.69) is 17.2 Å². The van der Waals surface area contributed by atoms with Gasteiger partial charge in [-0.2, -0.15) is 0 Å². The maximum Gasteiger partial charge on any atom is 0.357 e. The molecule has 0 aromatic carbocycles. The summed E-state index contributed by atoms with van der Waals surface area (Å²) in [5.74, 6) is 1.73. The Labute approximate surface area is 125 Å². The molecular weight excluding hydrogens is 266 g/mol. The third kappa shape index (κ3) is 2.79. The SMILES string of the molecule is CCC1CCC(c2nc3c(c(C(=O)OC)n2)CNC3)CC1. The van der Waals surface area contributed by atoms with Crippen molar-refractivity contribution in [2.45, 2.75) is 58.0 Å². The summed E-state index contributed by atoms with van der Waals surface area (Å²) in [5.41, 5.74) is 2.34. The van der Waals surface area contributed by atoms with Crippen molar-refractivity contribution in [3.05, 3.63) is 22.8 Å². The van der Waals surface area contributed by atoms with Gasteiger partial charge >= 0.3 is 5.97 Å². The molecule has 0 spiro atoms. The minimum Gasteiger partial charge on any atom is -0.464 e. The lowest BCUT2D eigenvalue weighted by Gasteiger charge is -2.27. The van der Waals surface area contributed by atoms with Crippen LogP contribution in [0.1, 0.15) is 72.5 Å². The number of aromatic nitrogens is 2. The van der Waals surface area contributed by atoms with Crippen LogP contribution in [0.4, 0.5) is 0 Å². The molecule has 1 aromatic heterocycles. The van der Waals surface area contributed by atoms with Crippen LogP contribution in [0, 0.1) is 5.92 Å². The summed E-state index contributed by atoms with van der Waals surface area (Å²) in [6.45, 7) is 3.64. The van der Waals surface area contributed by atoms with Gasteiger partial charge in [0.2, 0.25) is 0 Å². The molecule has 1 fully saturated rings. The number of nitrogens with zero attached hydrogens (tertiary/aromatic N) is 2. The molecule has 21 heavy (non-hydrogen) atoms. The molecule has 0 bridgehead atoms. The van der Waals surface area contributed by atoms with E-state index in [1.165, 1.54) is 26.4 Å². The molecule has 114 valence electrons. The van der Waals surface area contributed by atoms with Crippen molar-refractivity contribution >= 4 is 5.97 Å². The molecule has 5 heteroatoms. The molecule has 1 aromatic rings. The van der Waals surface area contributed by atoms with Gasteiger partial charge in [0.05, 0.1) is 12.8 Å². The molecule has 1 aliphatic heterocycles. The van der Waals surface area contributed by atoms with Crippen LogP contribution in [0.2, 0.25) is 0 Å². The van der Waals surface area contributed by atoms with Gasteiger partial charge in [0.15, 0.2) is 5.69 Å². The summed E-state index contributed by atoms with van der Waals surface area (Å²) in [4.78, 5) is 21.3. The van der Waals surface area contributed by atoms with E-state index in [-0.39, 0.29) is 5.97 Å². The highest BCUT2D eigenvalue weighted by atomic mass is 16.5. The Morgan fingerprint density at radius 3 is 2.67 bits per heavy atom. The summed E-state index contributed by atoms with van der Waals surface area (Å²) >= 11 is 0. The Balaban J connectivity index is 1.88. The maximum atomic E-state index is 12.0. The Bertz CT molecular complexity index is 537. The predicted molar refractivity (Wildman–Crippen MR) is 78.9 cm³/mol. The van der Waals surface area contributed by atoms with Crippen molar-refractivity contribution in [3.8, 4) is 0 Å². The van der Waals surface area contributed by atoms with Crippen LogP contribution >= 0.6 is 0 Å². The standard InChI is InChI=1S/C16H23N3O2/c1-3-10-4-6-11(7-5-10)15-18-13-9-17-8-12(13)14(19-15)16(20)21-2/h10-11,17H,3-9H2,1-2H3. The highest BCUT2D eigenvalue weighted by Gasteiger charge is 2.28. The molecule has 3 rings (SSSR count). The molecule has 0 radical (unpaired) electrons. The molecule has 0 saturated heterocycles. The van der Waals surface area contributed by atoms with Crippen LogP contribution < -0.4 is 5.32 Å². The van der Waals surface area contributed by atoms with E-state index in [0.717, 1.165) is 42.4 Å². The van der Waals surface area contributed by atoms with Crippen LogP contribution in [-0.2, 0) is 17.8 Å². The number of methoxy groups -OCH3 is 1. The summed E-state index contributed by atoms with van der Waals surface area (Å²) in [6, 6.07) is 0. The molecule has 2 heterocycles. The highest BCUT2D eigenvalue weighted by Crippen LogP contribution is 2.36. The fourth-order valence-electron chi connectivity index (χ4n) is 3.46. The van der Waals surface area contributed by atoms with E-state index in [1.54, 1.807) is 0 Å². The van der Waals surface area contributed by atoms with E-state index in [0.29, 0.717) is 18.2 Å². The molecule has 0 atom stereocenters. The minimum atomic E-state index is -0.346. The van der Waals surface area contributed by atoms with Gasteiger partial charge in [-0.1, -0.05) is 13.3 Å². The van der Waals surface area contributed by atoms with Gasteiger partial charge in [0, 0.05) is 24.6 Å². The number of ether oxygens (including phenoxy) is 1. The first-order valence-electron chi connectivity index (χ1n) is 7.91. The van der Waals surface area contributed by atoms with Crippen LogP contribution in [-0.4, -0.2) is 23.0 Å².